The lowest BCUT2D eigenvalue weighted by Gasteiger charge is -2.06. The zero-order valence-corrected chi connectivity index (χ0v) is 9.47. The maximum Gasteiger partial charge on any atom is 0.127 e. The van der Waals surface area contributed by atoms with Crippen molar-refractivity contribution in [3.05, 3.63) is 16.9 Å². The van der Waals surface area contributed by atoms with E-state index < -0.39 is 0 Å². The van der Waals surface area contributed by atoms with Crippen LogP contribution in [0.5, 0.6) is 0 Å². The van der Waals surface area contributed by atoms with Crippen molar-refractivity contribution in [2.24, 2.45) is 5.92 Å². The highest BCUT2D eigenvalue weighted by molar-refractivity contribution is 6.29. The Labute approximate surface area is 84.9 Å². The predicted molar refractivity (Wildman–Crippen MR) is 56.2 cm³/mol. The van der Waals surface area contributed by atoms with Crippen molar-refractivity contribution < 1.29 is 0 Å². The molecule has 1 rings (SSSR count). The Balaban J connectivity index is 2.82. The van der Waals surface area contributed by atoms with Crippen LogP contribution in [0.1, 0.15) is 39.4 Å². The minimum atomic E-state index is 0.341. The second kappa shape index (κ2) is 4.14. The van der Waals surface area contributed by atoms with Crippen LogP contribution in [0.3, 0.4) is 0 Å². The summed E-state index contributed by atoms with van der Waals surface area (Å²) in [7, 11) is 0. The molecule has 1 heterocycles. The molecule has 0 aliphatic heterocycles. The summed E-state index contributed by atoms with van der Waals surface area (Å²) < 4.78 is 1.86. The minimum Gasteiger partial charge on any atom is -0.251 e. The highest BCUT2D eigenvalue weighted by atomic mass is 35.5. The van der Waals surface area contributed by atoms with Gasteiger partial charge in [-0.2, -0.15) is 5.10 Å². The summed E-state index contributed by atoms with van der Waals surface area (Å²) in [6.45, 7) is 8.53. The number of aromatic nitrogens is 2. The van der Waals surface area contributed by atoms with Gasteiger partial charge in [-0.3, -0.25) is 4.68 Å². The quantitative estimate of drug-likeness (QED) is 0.732. The van der Waals surface area contributed by atoms with Crippen molar-refractivity contribution in [3.63, 3.8) is 0 Å². The molecule has 0 aromatic carbocycles. The van der Waals surface area contributed by atoms with Crippen LogP contribution in [-0.4, -0.2) is 9.78 Å². The van der Waals surface area contributed by atoms with E-state index in [1.165, 1.54) is 0 Å². The van der Waals surface area contributed by atoms with Crippen LogP contribution in [0.15, 0.2) is 6.07 Å². The fraction of sp³-hybridized carbons (Fsp3) is 0.700. The first kappa shape index (κ1) is 10.6. The number of hydrogen-bond donors (Lipinski definition) is 0. The molecular weight excluding hydrogens is 184 g/mol. The fourth-order valence-electron chi connectivity index (χ4n) is 1.30. The Bertz CT molecular complexity index is 276. The van der Waals surface area contributed by atoms with Crippen molar-refractivity contribution >= 4 is 11.6 Å². The third-order valence-electron chi connectivity index (χ3n) is 1.85. The maximum atomic E-state index is 6.02. The van der Waals surface area contributed by atoms with Gasteiger partial charge in [0.05, 0.1) is 5.69 Å². The van der Waals surface area contributed by atoms with Gasteiger partial charge in [-0.1, -0.05) is 25.4 Å². The van der Waals surface area contributed by atoms with E-state index >= 15 is 0 Å². The molecule has 1 aromatic rings. The van der Waals surface area contributed by atoms with E-state index in [1.54, 1.807) is 0 Å². The first-order valence-corrected chi connectivity index (χ1v) is 5.12. The van der Waals surface area contributed by atoms with Crippen LogP contribution in [0, 0.1) is 5.92 Å². The Morgan fingerprint density at radius 2 is 2.00 bits per heavy atom. The van der Waals surface area contributed by atoms with Gasteiger partial charge >= 0.3 is 0 Å². The minimum absolute atomic E-state index is 0.341. The lowest BCUT2D eigenvalue weighted by atomic mass is 10.1. The van der Waals surface area contributed by atoms with Crippen LogP contribution < -0.4 is 0 Å². The number of rotatable bonds is 3. The Morgan fingerprint density at radius 3 is 2.38 bits per heavy atom. The van der Waals surface area contributed by atoms with Crippen molar-refractivity contribution in [2.75, 3.05) is 0 Å². The second-order valence-electron chi connectivity index (χ2n) is 4.09. The third kappa shape index (κ3) is 2.73. The van der Waals surface area contributed by atoms with E-state index in [1.807, 2.05) is 10.7 Å². The normalized spacial score (nSPS) is 11.6. The van der Waals surface area contributed by atoms with Gasteiger partial charge in [0.25, 0.3) is 0 Å². The molecule has 1 aromatic heterocycles. The highest BCUT2D eigenvalue weighted by Crippen LogP contribution is 2.17. The summed E-state index contributed by atoms with van der Waals surface area (Å²) in [6.07, 6.45) is 0.999. The number of halogens is 1. The molecule has 0 unspecified atom stereocenters. The van der Waals surface area contributed by atoms with E-state index in [-0.39, 0.29) is 0 Å². The summed E-state index contributed by atoms with van der Waals surface area (Å²) in [5.74, 6) is 0.631. The number of hydrogen-bond acceptors (Lipinski definition) is 1. The maximum absolute atomic E-state index is 6.02. The van der Waals surface area contributed by atoms with Gasteiger partial charge in [0.2, 0.25) is 0 Å². The molecule has 0 radical (unpaired) electrons. The smallest absolute Gasteiger partial charge is 0.127 e. The van der Waals surface area contributed by atoms with Gasteiger partial charge in [0.1, 0.15) is 5.15 Å². The first-order valence-electron chi connectivity index (χ1n) is 4.74. The second-order valence-corrected chi connectivity index (χ2v) is 4.48. The lowest BCUT2D eigenvalue weighted by Crippen LogP contribution is -2.04. The van der Waals surface area contributed by atoms with Crippen molar-refractivity contribution in [1.82, 2.24) is 9.78 Å². The van der Waals surface area contributed by atoms with Crippen molar-refractivity contribution in [2.45, 2.75) is 40.2 Å². The lowest BCUT2D eigenvalue weighted by molar-refractivity contribution is 0.519. The molecule has 74 valence electrons. The molecule has 0 atom stereocenters. The molecule has 0 bridgehead atoms. The molecule has 13 heavy (non-hydrogen) atoms. The van der Waals surface area contributed by atoms with Gasteiger partial charge in [-0.25, -0.2) is 0 Å². The van der Waals surface area contributed by atoms with E-state index in [0.717, 1.165) is 17.3 Å². The molecule has 0 spiro atoms. The molecule has 0 saturated carbocycles. The SMILES string of the molecule is CC(C)Cc1cc(Cl)n(C(C)C)n1. The third-order valence-corrected chi connectivity index (χ3v) is 2.13. The summed E-state index contributed by atoms with van der Waals surface area (Å²) >= 11 is 6.02. The summed E-state index contributed by atoms with van der Waals surface area (Å²) in [4.78, 5) is 0. The van der Waals surface area contributed by atoms with Crippen LogP contribution >= 0.6 is 11.6 Å². The highest BCUT2D eigenvalue weighted by Gasteiger charge is 2.09. The molecule has 0 aliphatic rings. The molecule has 3 heteroatoms. The average Bonchev–Trinajstić information content (AvgIpc) is 2.29. The standard InChI is InChI=1S/C10H17ClN2/c1-7(2)5-9-6-10(11)13(12-9)8(3)4/h6-8H,5H2,1-4H3. The zero-order chi connectivity index (χ0) is 10.0. The zero-order valence-electron chi connectivity index (χ0n) is 8.71. The summed E-state index contributed by atoms with van der Waals surface area (Å²) in [6, 6.07) is 2.30. The molecule has 0 saturated heterocycles. The summed E-state index contributed by atoms with van der Waals surface area (Å²) in [5, 5.41) is 5.18. The Hall–Kier alpha value is -0.500. The fourth-order valence-corrected chi connectivity index (χ4v) is 1.66. The Morgan fingerprint density at radius 1 is 1.38 bits per heavy atom. The van der Waals surface area contributed by atoms with E-state index in [4.69, 9.17) is 11.6 Å². The van der Waals surface area contributed by atoms with Crippen LogP contribution in [0.2, 0.25) is 5.15 Å². The van der Waals surface area contributed by atoms with E-state index in [0.29, 0.717) is 12.0 Å². The van der Waals surface area contributed by atoms with Gasteiger partial charge in [-0.15, -0.1) is 0 Å². The molecule has 0 aliphatic carbocycles. The van der Waals surface area contributed by atoms with Crippen LogP contribution in [-0.2, 0) is 6.42 Å². The van der Waals surface area contributed by atoms with Gasteiger partial charge < -0.3 is 0 Å². The van der Waals surface area contributed by atoms with Crippen LogP contribution in [0.4, 0.5) is 0 Å². The van der Waals surface area contributed by atoms with Gasteiger partial charge in [0, 0.05) is 6.04 Å². The predicted octanol–water partition coefficient (Wildman–Crippen LogP) is 3.32. The topological polar surface area (TPSA) is 17.8 Å². The molecule has 0 amide bonds. The Kier molecular flexibility index (Phi) is 3.37. The van der Waals surface area contributed by atoms with E-state index in [9.17, 15) is 0 Å². The molecule has 0 N–H and O–H groups in total. The monoisotopic (exact) mass is 200 g/mol. The van der Waals surface area contributed by atoms with Crippen molar-refractivity contribution in [3.8, 4) is 0 Å². The van der Waals surface area contributed by atoms with Crippen molar-refractivity contribution in [1.29, 1.82) is 0 Å². The largest absolute Gasteiger partial charge is 0.251 e. The van der Waals surface area contributed by atoms with Gasteiger partial charge in [0.15, 0.2) is 0 Å². The van der Waals surface area contributed by atoms with E-state index in [2.05, 4.69) is 32.8 Å². The average molecular weight is 201 g/mol. The molecule has 2 nitrogen and oxygen atoms in total. The van der Waals surface area contributed by atoms with Crippen LogP contribution in [0.25, 0.3) is 0 Å². The first-order chi connectivity index (χ1) is 6.00. The summed E-state index contributed by atoms with van der Waals surface area (Å²) in [5.41, 5.74) is 1.09. The molecule has 0 fully saturated rings. The molecular formula is C10H17ClN2. The van der Waals surface area contributed by atoms with Gasteiger partial charge in [-0.05, 0) is 32.3 Å². The number of nitrogens with zero attached hydrogens (tertiary/aromatic N) is 2.